The van der Waals surface area contributed by atoms with Crippen molar-refractivity contribution >= 4 is 29.0 Å². The van der Waals surface area contributed by atoms with Crippen molar-refractivity contribution in [1.82, 2.24) is 14.9 Å². The van der Waals surface area contributed by atoms with Crippen molar-refractivity contribution in [1.29, 1.82) is 0 Å². The van der Waals surface area contributed by atoms with Crippen LogP contribution in [0.4, 0.5) is 5.82 Å². The molecule has 1 saturated heterocycles. The van der Waals surface area contributed by atoms with E-state index in [1.807, 2.05) is 0 Å². The summed E-state index contributed by atoms with van der Waals surface area (Å²) in [7, 11) is 4.23. The van der Waals surface area contributed by atoms with E-state index >= 15 is 0 Å². The summed E-state index contributed by atoms with van der Waals surface area (Å²) in [5.41, 5.74) is 0.834. The van der Waals surface area contributed by atoms with Crippen LogP contribution >= 0.6 is 23.2 Å². The van der Waals surface area contributed by atoms with Crippen LogP contribution in [0.1, 0.15) is 18.4 Å². The van der Waals surface area contributed by atoms with Gasteiger partial charge in [-0.15, -0.1) is 11.6 Å². The minimum Gasteiger partial charge on any atom is -0.355 e. The lowest BCUT2D eigenvalue weighted by Crippen LogP contribution is -2.45. The molecule has 0 saturated carbocycles. The summed E-state index contributed by atoms with van der Waals surface area (Å²) < 4.78 is 0. The summed E-state index contributed by atoms with van der Waals surface area (Å²) in [4.78, 5) is 12.9. The molecule has 1 aliphatic heterocycles. The lowest BCUT2D eigenvalue weighted by molar-refractivity contribution is 0.257. The predicted octanol–water partition coefficient (Wildman–Crippen LogP) is 2.40. The second-order valence-corrected chi connectivity index (χ2v) is 5.43. The van der Waals surface area contributed by atoms with E-state index in [2.05, 4.69) is 33.9 Å². The Morgan fingerprint density at radius 2 is 2.22 bits per heavy atom. The number of alkyl halides is 1. The number of likely N-dealkylation sites (N-methyl/N-ethyl adjacent to an activating group) is 1. The Kier molecular flexibility index (Phi) is 4.65. The molecule has 4 nitrogen and oxygen atoms in total. The topological polar surface area (TPSA) is 32.3 Å². The molecule has 1 atom stereocenters. The highest BCUT2D eigenvalue weighted by molar-refractivity contribution is 6.31. The summed E-state index contributed by atoms with van der Waals surface area (Å²) in [6.45, 7) is 1.96. The molecule has 0 aliphatic carbocycles. The first-order valence-electron chi connectivity index (χ1n) is 6.10. The van der Waals surface area contributed by atoms with Gasteiger partial charge in [-0.25, -0.2) is 9.97 Å². The van der Waals surface area contributed by atoms with Crippen LogP contribution in [0.15, 0.2) is 6.33 Å². The number of hydrogen-bond donors (Lipinski definition) is 0. The highest BCUT2D eigenvalue weighted by atomic mass is 35.5. The lowest BCUT2D eigenvalue weighted by Gasteiger charge is -2.37. The summed E-state index contributed by atoms with van der Waals surface area (Å²) in [6, 6.07) is 0.552. The Labute approximate surface area is 118 Å². The van der Waals surface area contributed by atoms with Crippen LogP contribution < -0.4 is 4.90 Å². The number of rotatable bonds is 3. The molecule has 0 amide bonds. The number of anilines is 1. The minimum atomic E-state index is 0.345. The van der Waals surface area contributed by atoms with Crippen LogP contribution in [0.2, 0.25) is 5.15 Å². The third kappa shape index (κ3) is 2.87. The average Bonchev–Trinajstić information content (AvgIpc) is 2.38. The molecule has 0 N–H and O–H groups in total. The van der Waals surface area contributed by atoms with Crippen LogP contribution in [0, 0.1) is 0 Å². The molecule has 2 heterocycles. The SMILES string of the molecule is CN(C)C1CCCN(c2ncnc(Cl)c2CCl)C1. The van der Waals surface area contributed by atoms with Crippen molar-refractivity contribution in [3.8, 4) is 0 Å². The van der Waals surface area contributed by atoms with E-state index in [0.29, 0.717) is 17.1 Å². The molecule has 2 rings (SSSR count). The monoisotopic (exact) mass is 288 g/mol. The van der Waals surface area contributed by atoms with Gasteiger partial charge in [-0.1, -0.05) is 11.6 Å². The van der Waals surface area contributed by atoms with E-state index in [1.165, 1.54) is 12.7 Å². The molecule has 1 unspecified atom stereocenters. The van der Waals surface area contributed by atoms with Gasteiger partial charge in [0.25, 0.3) is 0 Å². The van der Waals surface area contributed by atoms with Gasteiger partial charge in [0, 0.05) is 24.7 Å². The quantitative estimate of drug-likeness (QED) is 0.632. The van der Waals surface area contributed by atoms with Crippen LogP contribution in [0.25, 0.3) is 0 Å². The van der Waals surface area contributed by atoms with Gasteiger partial charge < -0.3 is 9.80 Å². The van der Waals surface area contributed by atoms with Gasteiger partial charge in [-0.05, 0) is 26.9 Å². The number of nitrogens with zero attached hydrogens (tertiary/aromatic N) is 4. The maximum Gasteiger partial charge on any atom is 0.138 e. The van der Waals surface area contributed by atoms with Gasteiger partial charge >= 0.3 is 0 Å². The molecule has 1 aliphatic rings. The number of aromatic nitrogens is 2. The van der Waals surface area contributed by atoms with E-state index in [9.17, 15) is 0 Å². The number of halogens is 2. The average molecular weight is 289 g/mol. The molecule has 0 spiro atoms. The standard InChI is InChI=1S/C12H18Cl2N4/c1-17(2)9-4-3-5-18(7-9)12-10(6-13)11(14)15-8-16-12/h8-9H,3-7H2,1-2H3. The van der Waals surface area contributed by atoms with E-state index < -0.39 is 0 Å². The van der Waals surface area contributed by atoms with Gasteiger partial charge in [0.05, 0.1) is 5.88 Å². The van der Waals surface area contributed by atoms with E-state index in [-0.39, 0.29) is 0 Å². The summed E-state index contributed by atoms with van der Waals surface area (Å²) >= 11 is 12.0. The van der Waals surface area contributed by atoms with Crippen molar-refractivity contribution in [3.05, 3.63) is 17.0 Å². The molecule has 1 aromatic rings. The molecule has 0 radical (unpaired) electrons. The van der Waals surface area contributed by atoms with Crippen molar-refractivity contribution < 1.29 is 0 Å². The summed E-state index contributed by atoms with van der Waals surface area (Å²) in [6.07, 6.45) is 3.89. The Morgan fingerprint density at radius 3 is 2.89 bits per heavy atom. The largest absolute Gasteiger partial charge is 0.355 e. The fourth-order valence-corrected chi connectivity index (χ4v) is 2.85. The maximum atomic E-state index is 6.08. The van der Waals surface area contributed by atoms with Gasteiger partial charge in [0.15, 0.2) is 0 Å². The van der Waals surface area contributed by atoms with Gasteiger partial charge in [0.2, 0.25) is 0 Å². The van der Waals surface area contributed by atoms with E-state index in [4.69, 9.17) is 23.2 Å². The number of piperidine rings is 1. The van der Waals surface area contributed by atoms with Crippen LogP contribution in [-0.2, 0) is 5.88 Å². The molecular formula is C12H18Cl2N4. The third-order valence-corrected chi connectivity index (χ3v) is 4.02. The van der Waals surface area contributed by atoms with Crippen molar-refractivity contribution in [3.63, 3.8) is 0 Å². The number of hydrogen-bond acceptors (Lipinski definition) is 4. The third-order valence-electron chi connectivity index (χ3n) is 3.43. The highest BCUT2D eigenvalue weighted by Gasteiger charge is 2.24. The Morgan fingerprint density at radius 1 is 1.44 bits per heavy atom. The summed E-state index contributed by atoms with van der Waals surface area (Å²) in [5.74, 6) is 1.23. The minimum absolute atomic E-state index is 0.345. The molecule has 18 heavy (non-hydrogen) atoms. The smallest absolute Gasteiger partial charge is 0.138 e. The lowest BCUT2D eigenvalue weighted by atomic mass is 10.0. The Balaban J connectivity index is 2.23. The van der Waals surface area contributed by atoms with Crippen LogP contribution in [0.5, 0.6) is 0 Å². The first kappa shape index (κ1) is 13.8. The molecule has 0 aromatic carbocycles. The van der Waals surface area contributed by atoms with Gasteiger partial charge in [-0.3, -0.25) is 0 Å². The predicted molar refractivity (Wildman–Crippen MR) is 75.5 cm³/mol. The van der Waals surface area contributed by atoms with Gasteiger partial charge in [0.1, 0.15) is 17.3 Å². The fourth-order valence-electron chi connectivity index (χ4n) is 2.34. The van der Waals surface area contributed by atoms with Crippen molar-refractivity contribution in [2.45, 2.75) is 24.8 Å². The zero-order valence-corrected chi connectivity index (χ0v) is 12.2. The molecule has 0 bridgehead atoms. The van der Waals surface area contributed by atoms with E-state index in [1.54, 1.807) is 0 Å². The molecular weight excluding hydrogens is 271 g/mol. The molecule has 100 valence electrons. The first-order chi connectivity index (χ1) is 8.63. The second kappa shape index (κ2) is 6.04. The fraction of sp³-hybridized carbons (Fsp3) is 0.667. The van der Waals surface area contributed by atoms with E-state index in [0.717, 1.165) is 30.9 Å². The zero-order chi connectivity index (χ0) is 13.1. The highest BCUT2D eigenvalue weighted by Crippen LogP contribution is 2.27. The van der Waals surface area contributed by atoms with Crippen molar-refractivity contribution in [2.75, 3.05) is 32.1 Å². The first-order valence-corrected chi connectivity index (χ1v) is 7.01. The molecule has 6 heteroatoms. The molecule has 1 aromatic heterocycles. The molecule has 1 fully saturated rings. The maximum absolute atomic E-state index is 6.08. The Hall–Kier alpha value is -0.580. The van der Waals surface area contributed by atoms with Crippen LogP contribution in [0.3, 0.4) is 0 Å². The normalized spacial score (nSPS) is 20.5. The van der Waals surface area contributed by atoms with Crippen LogP contribution in [-0.4, -0.2) is 48.1 Å². The zero-order valence-electron chi connectivity index (χ0n) is 10.7. The van der Waals surface area contributed by atoms with Crippen molar-refractivity contribution in [2.24, 2.45) is 0 Å². The summed E-state index contributed by atoms with van der Waals surface area (Å²) in [5, 5.41) is 0.460. The second-order valence-electron chi connectivity index (χ2n) is 4.81. The Bertz CT molecular complexity index is 411. The van der Waals surface area contributed by atoms with Gasteiger partial charge in [-0.2, -0.15) is 0 Å².